The molecule has 1 N–H and O–H groups in total. The number of rotatable bonds is 2. The second kappa shape index (κ2) is 4.63. The Balaban J connectivity index is 1.96. The van der Waals surface area contributed by atoms with E-state index in [0.29, 0.717) is 11.4 Å². The molecule has 1 aliphatic rings. The number of aromatic nitrogens is 2. The SMILES string of the molecule is Cc1cc(C)c(C#N)c(Nc2nc3c(s2)CCC3)n1. The van der Waals surface area contributed by atoms with Gasteiger partial charge >= 0.3 is 0 Å². The molecule has 0 fully saturated rings. The van der Waals surface area contributed by atoms with Crippen LogP contribution in [0.1, 0.15) is 33.8 Å². The first-order chi connectivity index (χ1) is 9.17. The van der Waals surface area contributed by atoms with Crippen LogP contribution in [-0.2, 0) is 12.8 Å². The highest BCUT2D eigenvalue weighted by molar-refractivity contribution is 7.15. The molecule has 3 rings (SSSR count). The van der Waals surface area contributed by atoms with Crippen LogP contribution in [0.5, 0.6) is 0 Å². The van der Waals surface area contributed by atoms with E-state index in [1.807, 2.05) is 19.9 Å². The molecule has 1 aliphatic carbocycles. The van der Waals surface area contributed by atoms with Gasteiger partial charge in [-0.2, -0.15) is 5.26 Å². The molecule has 5 heteroatoms. The van der Waals surface area contributed by atoms with Crippen molar-refractivity contribution in [1.82, 2.24) is 9.97 Å². The van der Waals surface area contributed by atoms with E-state index in [1.165, 1.54) is 17.0 Å². The maximum absolute atomic E-state index is 9.24. The fourth-order valence-corrected chi connectivity index (χ4v) is 3.46. The molecule has 0 spiro atoms. The minimum absolute atomic E-state index is 0.598. The summed E-state index contributed by atoms with van der Waals surface area (Å²) in [5.74, 6) is 0.618. The van der Waals surface area contributed by atoms with Crippen molar-refractivity contribution in [3.05, 3.63) is 33.5 Å². The number of aryl methyl sites for hydroxylation is 4. The van der Waals surface area contributed by atoms with Crippen LogP contribution in [-0.4, -0.2) is 9.97 Å². The lowest BCUT2D eigenvalue weighted by atomic mass is 10.1. The Morgan fingerprint density at radius 2 is 2.16 bits per heavy atom. The third kappa shape index (κ3) is 2.20. The van der Waals surface area contributed by atoms with Crippen LogP contribution in [0, 0.1) is 25.2 Å². The zero-order valence-electron chi connectivity index (χ0n) is 10.9. The average molecular weight is 270 g/mol. The first kappa shape index (κ1) is 12.1. The average Bonchev–Trinajstić information content (AvgIpc) is 2.88. The topological polar surface area (TPSA) is 61.6 Å². The maximum atomic E-state index is 9.24. The van der Waals surface area contributed by atoms with E-state index in [1.54, 1.807) is 11.3 Å². The number of fused-ring (bicyclic) bond motifs is 1. The lowest BCUT2D eigenvalue weighted by Crippen LogP contribution is -2.00. The van der Waals surface area contributed by atoms with Crippen molar-refractivity contribution in [3.8, 4) is 6.07 Å². The van der Waals surface area contributed by atoms with Crippen molar-refractivity contribution in [2.24, 2.45) is 0 Å². The summed E-state index contributed by atoms with van der Waals surface area (Å²) in [6, 6.07) is 4.13. The summed E-state index contributed by atoms with van der Waals surface area (Å²) >= 11 is 1.68. The number of thiazole rings is 1. The summed E-state index contributed by atoms with van der Waals surface area (Å²) < 4.78 is 0. The van der Waals surface area contributed by atoms with Gasteiger partial charge in [-0.3, -0.25) is 0 Å². The number of nitriles is 1. The molecule has 0 bridgehead atoms. The Hall–Kier alpha value is -1.93. The van der Waals surface area contributed by atoms with Gasteiger partial charge in [0.25, 0.3) is 0 Å². The highest BCUT2D eigenvalue weighted by atomic mass is 32.1. The van der Waals surface area contributed by atoms with Gasteiger partial charge in [-0.05, 0) is 44.7 Å². The summed E-state index contributed by atoms with van der Waals surface area (Å²) in [6.45, 7) is 3.86. The van der Waals surface area contributed by atoms with Gasteiger partial charge in [-0.1, -0.05) is 0 Å². The molecule has 0 atom stereocenters. The lowest BCUT2D eigenvalue weighted by Gasteiger charge is -2.07. The van der Waals surface area contributed by atoms with Gasteiger partial charge < -0.3 is 5.32 Å². The number of hydrogen-bond acceptors (Lipinski definition) is 5. The molecule has 0 saturated carbocycles. The maximum Gasteiger partial charge on any atom is 0.188 e. The number of nitrogens with one attached hydrogen (secondary N) is 1. The molecule has 2 aromatic rings. The van der Waals surface area contributed by atoms with Gasteiger partial charge in [0.15, 0.2) is 10.9 Å². The van der Waals surface area contributed by atoms with Crippen molar-refractivity contribution in [2.45, 2.75) is 33.1 Å². The molecule has 0 amide bonds. The molecule has 0 saturated heterocycles. The molecular weight excluding hydrogens is 256 g/mol. The normalized spacial score (nSPS) is 13.1. The number of anilines is 2. The predicted octanol–water partition coefficient (Wildman–Crippen LogP) is 3.26. The van der Waals surface area contributed by atoms with E-state index in [4.69, 9.17) is 0 Å². The van der Waals surface area contributed by atoms with E-state index < -0.39 is 0 Å². The van der Waals surface area contributed by atoms with E-state index >= 15 is 0 Å². The zero-order valence-corrected chi connectivity index (χ0v) is 11.8. The second-order valence-corrected chi connectivity index (χ2v) is 5.87. The van der Waals surface area contributed by atoms with Crippen LogP contribution < -0.4 is 5.32 Å². The van der Waals surface area contributed by atoms with Gasteiger partial charge in [-0.25, -0.2) is 9.97 Å². The molecule has 4 nitrogen and oxygen atoms in total. The van der Waals surface area contributed by atoms with E-state index in [9.17, 15) is 5.26 Å². The van der Waals surface area contributed by atoms with Gasteiger partial charge in [0.05, 0.1) is 11.3 Å². The largest absolute Gasteiger partial charge is 0.315 e. The molecule has 2 aromatic heterocycles. The molecule has 0 aliphatic heterocycles. The van der Waals surface area contributed by atoms with Crippen molar-refractivity contribution in [3.63, 3.8) is 0 Å². The minimum Gasteiger partial charge on any atom is -0.315 e. The van der Waals surface area contributed by atoms with Gasteiger partial charge in [0, 0.05) is 10.6 Å². The number of pyridine rings is 1. The minimum atomic E-state index is 0.598. The highest BCUT2D eigenvalue weighted by Gasteiger charge is 2.18. The molecule has 96 valence electrons. The summed E-state index contributed by atoms with van der Waals surface area (Å²) in [5, 5.41) is 13.3. The van der Waals surface area contributed by atoms with Crippen molar-refractivity contribution in [1.29, 1.82) is 5.26 Å². The second-order valence-electron chi connectivity index (χ2n) is 4.78. The predicted molar refractivity (Wildman–Crippen MR) is 75.8 cm³/mol. The zero-order chi connectivity index (χ0) is 13.4. The Morgan fingerprint density at radius 3 is 2.89 bits per heavy atom. The van der Waals surface area contributed by atoms with Gasteiger partial charge in [0.1, 0.15) is 6.07 Å². The van der Waals surface area contributed by atoms with Crippen LogP contribution in [0.2, 0.25) is 0 Å². The number of hydrogen-bond donors (Lipinski definition) is 1. The fourth-order valence-electron chi connectivity index (χ4n) is 2.41. The summed E-state index contributed by atoms with van der Waals surface area (Å²) in [4.78, 5) is 10.4. The van der Waals surface area contributed by atoms with Crippen LogP contribution in [0.4, 0.5) is 10.9 Å². The van der Waals surface area contributed by atoms with Crippen molar-refractivity contribution in [2.75, 3.05) is 5.32 Å². The monoisotopic (exact) mass is 270 g/mol. The summed E-state index contributed by atoms with van der Waals surface area (Å²) in [5.41, 5.74) is 3.65. The summed E-state index contributed by atoms with van der Waals surface area (Å²) in [6.07, 6.45) is 3.40. The number of nitrogens with zero attached hydrogens (tertiary/aromatic N) is 3. The quantitative estimate of drug-likeness (QED) is 0.909. The Kier molecular flexibility index (Phi) is 2.96. The van der Waals surface area contributed by atoms with E-state index in [-0.39, 0.29) is 0 Å². The van der Waals surface area contributed by atoms with Crippen LogP contribution >= 0.6 is 11.3 Å². The van der Waals surface area contributed by atoms with Crippen molar-refractivity contribution >= 4 is 22.3 Å². The molecular formula is C14H14N4S. The first-order valence-electron chi connectivity index (χ1n) is 6.31. The molecule has 2 heterocycles. The lowest BCUT2D eigenvalue weighted by molar-refractivity contribution is 0.900. The fraction of sp³-hybridized carbons (Fsp3) is 0.357. The highest BCUT2D eigenvalue weighted by Crippen LogP contribution is 2.32. The van der Waals surface area contributed by atoms with Gasteiger partial charge in [-0.15, -0.1) is 11.3 Å². The smallest absolute Gasteiger partial charge is 0.188 e. The molecule has 19 heavy (non-hydrogen) atoms. The van der Waals surface area contributed by atoms with Crippen LogP contribution in [0.15, 0.2) is 6.07 Å². The third-order valence-corrected chi connectivity index (χ3v) is 4.35. The standard InChI is InChI=1S/C14H14N4S/c1-8-6-9(2)16-13(10(8)7-15)18-14-17-11-4-3-5-12(11)19-14/h6H,3-5H2,1-2H3,(H,16,17,18). The van der Waals surface area contributed by atoms with Crippen LogP contribution in [0.25, 0.3) is 0 Å². The van der Waals surface area contributed by atoms with Gasteiger partial charge in [0.2, 0.25) is 0 Å². The van der Waals surface area contributed by atoms with Crippen molar-refractivity contribution < 1.29 is 0 Å². The Morgan fingerprint density at radius 1 is 1.32 bits per heavy atom. The Labute approximate surface area is 116 Å². The summed E-state index contributed by atoms with van der Waals surface area (Å²) in [7, 11) is 0. The molecule has 0 aromatic carbocycles. The molecule has 0 unspecified atom stereocenters. The van der Waals surface area contributed by atoms with E-state index in [0.717, 1.165) is 29.2 Å². The van der Waals surface area contributed by atoms with E-state index in [2.05, 4.69) is 21.4 Å². The van der Waals surface area contributed by atoms with Crippen LogP contribution in [0.3, 0.4) is 0 Å². The Bertz CT molecular complexity index is 660. The first-order valence-corrected chi connectivity index (χ1v) is 7.13. The third-order valence-electron chi connectivity index (χ3n) is 3.28. The molecule has 0 radical (unpaired) electrons.